The standard InChI is InChI=1S/C18H36N2/c1-4-19-14-18(9-7-5-6-8-10-18)15-20-12-16(2)11-17(3)13-20/h16-17,19H,4-15H2,1-3H3. The highest BCUT2D eigenvalue weighted by molar-refractivity contribution is 4.89. The molecule has 2 unspecified atom stereocenters. The van der Waals surface area contributed by atoms with Gasteiger partial charge < -0.3 is 10.2 Å². The SMILES string of the molecule is CCNCC1(CN2CC(C)CC(C)C2)CCCCCC1. The molecule has 118 valence electrons. The molecule has 0 radical (unpaired) electrons. The lowest BCUT2D eigenvalue weighted by atomic mass is 9.78. The van der Waals surface area contributed by atoms with E-state index >= 15 is 0 Å². The van der Waals surface area contributed by atoms with Gasteiger partial charge in [0.2, 0.25) is 0 Å². The van der Waals surface area contributed by atoms with E-state index in [0.717, 1.165) is 18.4 Å². The van der Waals surface area contributed by atoms with Crippen LogP contribution in [-0.2, 0) is 0 Å². The molecular weight excluding hydrogens is 244 g/mol. The molecule has 0 amide bonds. The second kappa shape index (κ2) is 7.79. The average molecular weight is 280 g/mol. The van der Waals surface area contributed by atoms with Crippen LogP contribution in [0.25, 0.3) is 0 Å². The summed E-state index contributed by atoms with van der Waals surface area (Å²) in [7, 11) is 0. The molecule has 1 N–H and O–H groups in total. The first-order valence-electron chi connectivity index (χ1n) is 9.06. The zero-order chi connectivity index (χ0) is 14.4. The minimum Gasteiger partial charge on any atom is -0.316 e. The third kappa shape index (κ3) is 4.73. The van der Waals surface area contributed by atoms with Gasteiger partial charge >= 0.3 is 0 Å². The van der Waals surface area contributed by atoms with Crippen molar-refractivity contribution in [2.75, 3.05) is 32.7 Å². The Morgan fingerprint density at radius 2 is 1.60 bits per heavy atom. The fourth-order valence-electron chi connectivity index (χ4n) is 4.65. The Labute approximate surface area is 126 Å². The minimum absolute atomic E-state index is 0.559. The molecule has 2 aliphatic rings. The van der Waals surface area contributed by atoms with Gasteiger partial charge in [0.05, 0.1) is 0 Å². The predicted octanol–water partition coefficient (Wildman–Crippen LogP) is 3.91. The van der Waals surface area contributed by atoms with Crippen molar-refractivity contribution in [2.24, 2.45) is 17.3 Å². The summed E-state index contributed by atoms with van der Waals surface area (Å²) in [5.41, 5.74) is 0.559. The molecule has 0 aromatic rings. The van der Waals surface area contributed by atoms with Crippen molar-refractivity contribution in [3.8, 4) is 0 Å². The van der Waals surface area contributed by atoms with Gasteiger partial charge in [-0.15, -0.1) is 0 Å². The van der Waals surface area contributed by atoms with Crippen molar-refractivity contribution in [3.63, 3.8) is 0 Å². The maximum absolute atomic E-state index is 3.67. The average Bonchev–Trinajstić information content (AvgIpc) is 2.61. The molecule has 1 saturated carbocycles. The Kier molecular flexibility index (Phi) is 6.35. The lowest BCUT2D eigenvalue weighted by molar-refractivity contribution is 0.0719. The molecule has 0 bridgehead atoms. The van der Waals surface area contributed by atoms with Crippen molar-refractivity contribution in [1.29, 1.82) is 0 Å². The summed E-state index contributed by atoms with van der Waals surface area (Å²) in [5.74, 6) is 1.78. The highest BCUT2D eigenvalue weighted by atomic mass is 15.1. The van der Waals surface area contributed by atoms with E-state index in [9.17, 15) is 0 Å². The first-order valence-corrected chi connectivity index (χ1v) is 9.06. The molecule has 0 aromatic heterocycles. The van der Waals surface area contributed by atoms with Gasteiger partial charge in [-0.25, -0.2) is 0 Å². The Hall–Kier alpha value is -0.0800. The topological polar surface area (TPSA) is 15.3 Å². The fraction of sp³-hybridized carbons (Fsp3) is 1.00. The Bertz CT molecular complexity index is 259. The molecule has 0 spiro atoms. The quantitative estimate of drug-likeness (QED) is 0.768. The van der Waals surface area contributed by atoms with Gasteiger partial charge in [-0.2, -0.15) is 0 Å². The number of likely N-dealkylation sites (tertiary alicyclic amines) is 1. The van der Waals surface area contributed by atoms with Crippen LogP contribution in [0.15, 0.2) is 0 Å². The summed E-state index contributed by atoms with van der Waals surface area (Å²) < 4.78 is 0. The monoisotopic (exact) mass is 280 g/mol. The molecule has 2 atom stereocenters. The molecule has 20 heavy (non-hydrogen) atoms. The first kappa shape index (κ1) is 16.3. The molecule has 1 aliphatic heterocycles. The molecule has 2 heteroatoms. The maximum atomic E-state index is 3.67. The van der Waals surface area contributed by atoms with E-state index in [0.29, 0.717) is 5.41 Å². The summed E-state index contributed by atoms with van der Waals surface area (Å²) in [6, 6.07) is 0. The van der Waals surface area contributed by atoms with E-state index in [1.165, 1.54) is 71.1 Å². The van der Waals surface area contributed by atoms with Crippen LogP contribution in [0.4, 0.5) is 0 Å². The summed E-state index contributed by atoms with van der Waals surface area (Å²) in [6.45, 7) is 13.5. The van der Waals surface area contributed by atoms with Gasteiger partial charge in [-0.3, -0.25) is 0 Å². The molecule has 0 aromatic carbocycles. The van der Waals surface area contributed by atoms with Gasteiger partial charge in [0.15, 0.2) is 0 Å². The van der Waals surface area contributed by atoms with E-state index in [-0.39, 0.29) is 0 Å². The molecule has 1 heterocycles. The molecule has 2 rings (SSSR count). The van der Waals surface area contributed by atoms with Gasteiger partial charge in [-0.05, 0) is 43.1 Å². The highest BCUT2D eigenvalue weighted by Gasteiger charge is 2.34. The predicted molar refractivity (Wildman–Crippen MR) is 88.1 cm³/mol. The van der Waals surface area contributed by atoms with Crippen LogP contribution < -0.4 is 5.32 Å². The largest absolute Gasteiger partial charge is 0.316 e. The van der Waals surface area contributed by atoms with Crippen LogP contribution in [0.5, 0.6) is 0 Å². The first-order chi connectivity index (χ1) is 9.63. The fourth-order valence-corrected chi connectivity index (χ4v) is 4.65. The number of nitrogens with zero attached hydrogens (tertiary/aromatic N) is 1. The second-order valence-electron chi connectivity index (χ2n) is 7.83. The maximum Gasteiger partial charge on any atom is 0.00504 e. The van der Waals surface area contributed by atoms with Gasteiger partial charge in [0.25, 0.3) is 0 Å². The Morgan fingerprint density at radius 1 is 1.00 bits per heavy atom. The van der Waals surface area contributed by atoms with E-state index < -0.39 is 0 Å². The Balaban J connectivity index is 1.98. The zero-order valence-corrected chi connectivity index (χ0v) is 14.1. The third-order valence-corrected chi connectivity index (χ3v) is 5.42. The number of hydrogen-bond acceptors (Lipinski definition) is 2. The van der Waals surface area contributed by atoms with Crippen molar-refractivity contribution < 1.29 is 0 Å². The second-order valence-corrected chi connectivity index (χ2v) is 7.83. The van der Waals surface area contributed by atoms with E-state index in [1.54, 1.807) is 0 Å². The van der Waals surface area contributed by atoms with Crippen molar-refractivity contribution in [2.45, 2.75) is 65.7 Å². The number of hydrogen-bond donors (Lipinski definition) is 1. The van der Waals surface area contributed by atoms with Crippen LogP contribution in [0.2, 0.25) is 0 Å². The number of nitrogens with one attached hydrogen (secondary N) is 1. The van der Waals surface area contributed by atoms with E-state index in [4.69, 9.17) is 0 Å². The lowest BCUT2D eigenvalue weighted by Gasteiger charge is -2.42. The lowest BCUT2D eigenvalue weighted by Crippen LogP contribution is -2.48. The van der Waals surface area contributed by atoms with Crippen LogP contribution in [0.1, 0.15) is 65.7 Å². The molecule has 1 saturated heterocycles. The van der Waals surface area contributed by atoms with Crippen molar-refractivity contribution in [3.05, 3.63) is 0 Å². The van der Waals surface area contributed by atoms with Crippen molar-refractivity contribution in [1.82, 2.24) is 10.2 Å². The molecular formula is C18H36N2. The van der Waals surface area contributed by atoms with Gasteiger partial charge in [0.1, 0.15) is 0 Å². The number of piperidine rings is 1. The van der Waals surface area contributed by atoms with Crippen LogP contribution in [0, 0.1) is 17.3 Å². The number of rotatable bonds is 5. The molecule has 2 nitrogen and oxygen atoms in total. The minimum atomic E-state index is 0.559. The summed E-state index contributed by atoms with van der Waals surface area (Å²) in [4.78, 5) is 2.79. The van der Waals surface area contributed by atoms with Crippen LogP contribution in [0.3, 0.4) is 0 Å². The van der Waals surface area contributed by atoms with E-state index in [1.807, 2.05) is 0 Å². The van der Waals surface area contributed by atoms with Gasteiger partial charge in [-0.1, -0.05) is 46.5 Å². The van der Waals surface area contributed by atoms with Gasteiger partial charge in [0, 0.05) is 26.2 Å². The molecule has 2 fully saturated rings. The zero-order valence-electron chi connectivity index (χ0n) is 14.1. The highest BCUT2D eigenvalue weighted by Crippen LogP contribution is 2.36. The smallest absolute Gasteiger partial charge is 0.00504 e. The summed E-state index contributed by atoms with van der Waals surface area (Å²) >= 11 is 0. The van der Waals surface area contributed by atoms with E-state index in [2.05, 4.69) is 31.0 Å². The van der Waals surface area contributed by atoms with Crippen LogP contribution >= 0.6 is 0 Å². The van der Waals surface area contributed by atoms with Crippen LogP contribution in [-0.4, -0.2) is 37.6 Å². The molecule has 1 aliphatic carbocycles. The normalized spacial score (nSPS) is 31.9. The third-order valence-electron chi connectivity index (χ3n) is 5.42. The van der Waals surface area contributed by atoms with Crippen molar-refractivity contribution >= 4 is 0 Å². The Morgan fingerprint density at radius 3 is 2.15 bits per heavy atom. The summed E-state index contributed by atoms with van der Waals surface area (Å²) in [5, 5.41) is 3.67. The summed E-state index contributed by atoms with van der Waals surface area (Å²) in [6.07, 6.45) is 10.1.